The van der Waals surface area contributed by atoms with E-state index >= 15 is 0 Å². The zero-order chi connectivity index (χ0) is 15.4. The Morgan fingerprint density at radius 1 is 1.29 bits per heavy atom. The summed E-state index contributed by atoms with van der Waals surface area (Å²) in [7, 11) is 4.06. The summed E-state index contributed by atoms with van der Waals surface area (Å²) >= 11 is 9.70. The Balaban J connectivity index is 2.22. The van der Waals surface area contributed by atoms with Crippen LogP contribution in [0.5, 0.6) is 0 Å². The maximum Gasteiger partial charge on any atom is 0.255 e. The molecule has 0 atom stereocenters. The minimum Gasteiger partial charge on any atom is -0.334 e. The molecule has 1 aliphatic carbocycles. The van der Waals surface area contributed by atoms with Gasteiger partial charge in [0.05, 0.1) is 10.6 Å². The molecule has 0 radical (unpaired) electrons. The van der Waals surface area contributed by atoms with E-state index < -0.39 is 0 Å². The molecule has 1 saturated carbocycles. The van der Waals surface area contributed by atoms with Gasteiger partial charge in [0.25, 0.3) is 5.91 Å². The van der Waals surface area contributed by atoms with Crippen LogP contribution in [0.4, 0.5) is 0 Å². The number of benzene rings is 1. The number of rotatable bonds is 5. The lowest BCUT2D eigenvalue weighted by atomic mass is 10.1. The second-order valence-corrected chi connectivity index (χ2v) is 7.07. The summed E-state index contributed by atoms with van der Waals surface area (Å²) in [5.41, 5.74) is 0.594. The molecule has 1 fully saturated rings. The van der Waals surface area contributed by atoms with Crippen LogP contribution in [0, 0.1) is 0 Å². The van der Waals surface area contributed by atoms with Crippen LogP contribution in [0.15, 0.2) is 22.7 Å². The number of nitrogens with zero attached hydrogens (tertiary/aromatic N) is 2. The molecule has 0 N–H and O–H groups in total. The molecule has 0 aliphatic heterocycles. The lowest BCUT2D eigenvalue weighted by molar-refractivity contribution is 0.0668. The van der Waals surface area contributed by atoms with Gasteiger partial charge in [-0.2, -0.15) is 0 Å². The van der Waals surface area contributed by atoms with Gasteiger partial charge in [-0.3, -0.25) is 4.79 Å². The third-order valence-electron chi connectivity index (χ3n) is 4.00. The summed E-state index contributed by atoms with van der Waals surface area (Å²) in [6.45, 7) is 1.62. The molecule has 1 aromatic rings. The van der Waals surface area contributed by atoms with Gasteiger partial charge in [-0.25, -0.2) is 0 Å². The molecule has 0 unspecified atom stereocenters. The van der Waals surface area contributed by atoms with E-state index in [1.807, 2.05) is 37.2 Å². The number of amides is 1. The fraction of sp³-hybridized carbons (Fsp3) is 0.562. The van der Waals surface area contributed by atoms with E-state index in [2.05, 4.69) is 20.8 Å². The third-order valence-corrected chi connectivity index (χ3v) is 5.29. The monoisotopic (exact) mass is 372 g/mol. The van der Waals surface area contributed by atoms with E-state index in [0.29, 0.717) is 16.6 Å². The van der Waals surface area contributed by atoms with Crippen LogP contribution in [0.3, 0.4) is 0 Å². The van der Waals surface area contributed by atoms with Gasteiger partial charge < -0.3 is 9.80 Å². The summed E-state index contributed by atoms with van der Waals surface area (Å²) in [5, 5.41) is 0.510. The smallest absolute Gasteiger partial charge is 0.255 e. The summed E-state index contributed by atoms with van der Waals surface area (Å²) < 4.78 is 0.772. The van der Waals surface area contributed by atoms with Crippen LogP contribution in [0.25, 0.3) is 0 Å². The van der Waals surface area contributed by atoms with E-state index in [1.165, 1.54) is 12.8 Å². The highest BCUT2D eigenvalue weighted by atomic mass is 79.9. The summed E-state index contributed by atoms with van der Waals surface area (Å²) in [5.74, 6) is 0.0510. The average molecular weight is 374 g/mol. The zero-order valence-corrected chi connectivity index (χ0v) is 15.0. The molecule has 0 heterocycles. The Hall–Kier alpha value is -0.580. The first-order valence-corrected chi connectivity index (χ1v) is 8.57. The third kappa shape index (κ3) is 4.21. The Morgan fingerprint density at radius 2 is 1.95 bits per heavy atom. The standard InChI is InChI=1S/C16H22BrClN2O/c1-19(2)10-11-20(12-6-3-4-7-12)16(21)13-8-5-9-14(17)15(13)18/h5,8-9,12H,3-4,6-7,10-11H2,1-2H3. The van der Waals surface area contributed by atoms with Crippen molar-refractivity contribution in [2.24, 2.45) is 0 Å². The fourth-order valence-electron chi connectivity index (χ4n) is 2.80. The van der Waals surface area contributed by atoms with Crippen molar-refractivity contribution in [3.05, 3.63) is 33.3 Å². The molecule has 5 heteroatoms. The molecule has 0 bridgehead atoms. The summed E-state index contributed by atoms with van der Waals surface area (Å²) in [4.78, 5) is 17.0. The largest absolute Gasteiger partial charge is 0.334 e. The van der Waals surface area contributed by atoms with Crippen molar-refractivity contribution in [1.29, 1.82) is 0 Å². The van der Waals surface area contributed by atoms with Crippen LogP contribution in [-0.2, 0) is 0 Å². The topological polar surface area (TPSA) is 23.6 Å². The molecule has 1 aromatic carbocycles. The minimum absolute atomic E-state index is 0.0510. The number of hydrogen-bond acceptors (Lipinski definition) is 2. The lowest BCUT2D eigenvalue weighted by Crippen LogP contribution is -2.42. The van der Waals surface area contributed by atoms with Gasteiger partial charge in [-0.1, -0.05) is 30.5 Å². The molecule has 116 valence electrons. The normalized spacial score (nSPS) is 15.7. The molecule has 0 aromatic heterocycles. The van der Waals surface area contributed by atoms with Crippen LogP contribution in [0.1, 0.15) is 36.0 Å². The first-order valence-electron chi connectivity index (χ1n) is 7.40. The molecular weight excluding hydrogens is 352 g/mol. The quantitative estimate of drug-likeness (QED) is 0.777. The van der Waals surface area contributed by atoms with Crippen molar-refractivity contribution in [3.8, 4) is 0 Å². The SMILES string of the molecule is CN(C)CCN(C(=O)c1cccc(Br)c1Cl)C1CCCC1. The van der Waals surface area contributed by atoms with Gasteiger partial charge >= 0.3 is 0 Å². The highest BCUT2D eigenvalue weighted by molar-refractivity contribution is 9.10. The molecule has 3 nitrogen and oxygen atoms in total. The van der Waals surface area contributed by atoms with Crippen molar-refractivity contribution >= 4 is 33.4 Å². The Bertz CT molecular complexity index is 501. The Morgan fingerprint density at radius 3 is 2.57 bits per heavy atom. The fourth-order valence-corrected chi connectivity index (χ4v) is 3.37. The van der Waals surface area contributed by atoms with Crippen LogP contribution < -0.4 is 0 Å². The number of carbonyl (C=O) groups is 1. The van der Waals surface area contributed by atoms with Crippen molar-refractivity contribution < 1.29 is 4.79 Å². The van der Waals surface area contributed by atoms with Gasteiger partial charge in [-0.15, -0.1) is 0 Å². The number of carbonyl (C=O) groups excluding carboxylic acids is 1. The van der Waals surface area contributed by atoms with Crippen LogP contribution in [-0.4, -0.2) is 48.9 Å². The van der Waals surface area contributed by atoms with E-state index in [0.717, 1.165) is 30.4 Å². The van der Waals surface area contributed by atoms with Gasteiger partial charge in [-0.05, 0) is 55.0 Å². The second-order valence-electron chi connectivity index (χ2n) is 5.84. The number of halogens is 2. The van der Waals surface area contributed by atoms with E-state index in [1.54, 1.807) is 0 Å². The second kappa shape index (κ2) is 7.61. The first-order chi connectivity index (χ1) is 10.0. The minimum atomic E-state index is 0.0510. The van der Waals surface area contributed by atoms with Gasteiger partial charge in [0.15, 0.2) is 0 Å². The van der Waals surface area contributed by atoms with E-state index in [9.17, 15) is 4.79 Å². The van der Waals surface area contributed by atoms with Gasteiger partial charge in [0, 0.05) is 23.6 Å². The van der Waals surface area contributed by atoms with Crippen molar-refractivity contribution in [3.63, 3.8) is 0 Å². The molecule has 1 aliphatic rings. The zero-order valence-electron chi connectivity index (χ0n) is 12.6. The van der Waals surface area contributed by atoms with E-state index in [4.69, 9.17) is 11.6 Å². The van der Waals surface area contributed by atoms with Crippen molar-refractivity contribution in [2.75, 3.05) is 27.2 Å². The van der Waals surface area contributed by atoms with Crippen LogP contribution >= 0.6 is 27.5 Å². The maximum absolute atomic E-state index is 12.9. The lowest BCUT2D eigenvalue weighted by Gasteiger charge is -2.30. The predicted octanol–water partition coefficient (Wildman–Crippen LogP) is 4.05. The molecule has 0 saturated heterocycles. The highest BCUT2D eigenvalue weighted by Crippen LogP contribution is 2.30. The van der Waals surface area contributed by atoms with E-state index in [-0.39, 0.29) is 5.91 Å². The predicted molar refractivity (Wildman–Crippen MR) is 91.0 cm³/mol. The molecular formula is C16H22BrClN2O. The van der Waals surface area contributed by atoms with Crippen LogP contribution in [0.2, 0.25) is 5.02 Å². The average Bonchev–Trinajstić information content (AvgIpc) is 2.95. The number of likely N-dealkylation sites (N-methyl/N-ethyl adjacent to an activating group) is 1. The highest BCUT2D eigenvalue weighted by Gasteiger charge is 2.28. The molecule has 0 spiro atoms. The molecule has 21 heavy (non-hydrogen) atoms. The number of hydrogen-bond donors (Lipinski definition) is 0. The van der Waals surface area contributed by atoms with Gasteiger partial charge in [0.2, 0.25) is 0 Å². The molecule has 2 rings (SSSR count). The molecule has 1 amide bonds. The Labute approximate surface area is 140 Å². The summed E-state index contributed by atoms with van der Waals surface area (Å²) in [6, 6.07) is 5.89. The maximum atomic E-state index is 12.9. The summed E-state index contributed by atoms with van der Waals surface area (Å²) in [6.07, 6.45) is 4.63. The van der Waals surface area contributed by atoms with Crippen molar-refractivity contribution in [2.45, 2.75) is 31.7 Å². The Kier molecular flexibility index (Phi) is 6.08. The van der Waals surface area contributed by atoms with Gasteiger partial charge in [0.1, 0.15) is 0 Å². The first kappa shape index (κ1) is 16.8. The van der Waals surface area contributed by atoms with Crippen molar-refractivity contribution in [1.82, 2.24) is 9.80 Å².